The first-order chi connectivity index (χ1) is 17.6. The van der Waals surface area contributed by atoms with Crippen molar-refractivity contribution in [2.45, 2.75) is 33.4 Å². The van der Waals surface area contributed by atoms with Gasteiger partial charge in [0, 0.05) is 25.2 Å². The van der Waals surface area contributed by atoms with Gasteiger partial charge in [-0.2, -0.15) is 0 Å². The number of carbonyl (C=O) groups excluding carboxylic acids is 2. The number of benzene rings is 2. The van der Waals surface area contributed by atoms with Gasteiger partial charge in [-0.3, -0.25) is 24.0 Å². The van der Waals surface area contributed by atoms with Gasteiger partial charge < -0.3 is 15.0 Å². The van der Waals surface area contributed by atoms with Crippen molar-refractivity contribution < 1.29 is 27.7 Å². The molecule has 0 radical (unpaired) electrons. The Hall–Kier alpha value is -3.09. The van der Waals surface area contributed by atoms with E-state index in [0.717, 1.165) is 18.4 Å². The molecule has 0 saturated heterocycles. The van der Waals surface area contributed by atoms with Crippen molar-refractivity contribution in [3.63, 3.8) is 0 Å². The fraction of sp³-hybridized carbons (Fsp3) is 0.417. The van der Waals surface area contributed by atoms with Crippen molar-refractivity contribution >= 4 is 56.4 Å². The van der Waals surface area contributed by atoms with E-state index in [1.165, 1.54) is 25.0 Å². The van der Waals surface area contributed by atoms with Gasteiger partial charge in [0.05, 0.1) is 28.3 Å². The zero-order valence-corrected chi connectivity index (χ0v) is 23.9. The minimum atomic E-state index is -4.13. The molecular weight excluding hydrogens is 559 g/mol. The summed E-state index contributed by atoms with van der Waals surface area (Å²) in [7, 11) is -2.86. The molecule has 14 heteroatoms. The molecule has 2 aromatic carbocycles. The summed E-state index contributed by atoms with van der Waals surface area (Å²) >= 11 is 12.1. The Morgan fingerprint density at radius 3 is 2.29 bits per heavy atom. The lowest BCUT2D eigenvalue weighted by atomic mass is 10.1. The van der Waals surface area contributed by atoms with Crippen LogP contribution >= 0.6 is 23.2 Å². The van der Waals surface area contributed by atoms with E-state index in [-0.39, 0.29) is 28.9 Å². The summed E-state index contributed by atoms with van der Waals surface area (Å²) in [5, 5.41) is 14.7. The summed E-state index contributed by atoms with van der Waals surface area (Å²) < 4.78 is 31.5. The Labute approximate surface area is 231 Å². The minimum Gasteiger partial charge on any atom is -0.495 e. The van der Waals surface area contributed by atoms with Crippen LogP contribution in [0.3, 0.4) is 0 Å². The van der Waals surface area contributed by atoms with Gasteiger partial charge in [-0.15, -0.1) is 0 Å². The summed E-state index contributed by atoms with van der Waals surface area (Å²) in [6.07, 6.45) is 0.862. The van der Waals surface area contributed by atoms with Crippen LogP contribution in [0.1, 0.15) is 26.3 Å². The van der Waals surface area contributed by atoms with E-state index in [0.29, 0.717) is 21.4 Å². The lowest BCUT2D eigenvalue weighted by Gasteiger charge is -2.32. The lowest BCUT2D eigenvalue weighted by Crippen LogP contribution is -2.51. The summed E-state index contributed by atoms with van der Waals surface area (Å²) in [6, 6.07) is 7.13. The number of ether oxygens (including phenoxy) is 1. The normalized spacial score (nSPS) is 12.1. The Bertz CT molecular complexity index is 1300. The molecule has 0 aliphatic rings. The second-order valence-electron chi connectivity index (χ2n) is 8.97. The molecule has 0 aliphatic carbocycles. The highest BCUT2D eigenvalue weighted by Crippen LogP contribution is 2.34. The maximum atomic E-state index is 13.6. The fourth-order valence-corrected chi connectivity index (χ4v) is 4.62. The number of rotatable bonds is 12. The molecule has 0 heterocycles. The van der Waals surface area contributed by atoms with Crippen LogP contribution in [0.15, 0.2) is 36.4 Å². The van der Waals surface area contributed by atoms with Crippen LogP contribution in [-0.2, 0) is 26.2 Å². The molecule has 208 valence electrons. The van der Waals surface area contributed by atoms with Crippen LogP contribution in [0.2, 0.25) is 10.0 Å². The van der Waals surface area contributed by atoms with Crippen molar-refractivity contribution in [2.75, 3.05) is 30.8 Å². The third-order valence-electron chi connectivity index (χ3n) is 5.51. The van der Waals surface area contributed by atoms with Crippen molar-refractivity contribution in [1.29, 1.82) is 0 Å². The van der Waals surface area contributed by atoms with E-state index >= 15 is 0 Å². The molecular formula is C24H30Cl2N4O7S. The Morgan fingerprint density at radius 2 is 1.76 bits per heavy atom. The summed E-state index contributed by atoms with van der Waals surface area (Å²) in [6.45, 7) is 4.89. The Kier molecular flexibility index (Phi) is 10.7. The first-order valence-electron chi connectivity index (χ1n) is 11.5. The van der Waals surface area contributed by atoms with Crippen LogP contribution in [0.4, 0.5) is 11.4 Å². The van der Waals surface area contributed by atoms with Crippen molar-refractivity contribution in [1.82, 2.24) is 10.2 Å². The van der Waals surface area contributed by atoms with Gasteiger partial charge in [0.2, 0.25) is 21.8 Å². The number of hydrogen-bond acceptors (Lipinski definition) is 7. The van der Waals surface area contributed by atoms with Crippen molar-refractivity contribution in [3.05, 3.63) is 62.1 Å². The molecule has 0 fully saturated rings. The smallest absolute Gasteiger partial charge is 0.271 e. The first kappa shape index (κ1) is 31.1. The number of non-ortho nitro benzene ring substituents is 1. The molecule has 0 aromatic heterocycles. The van der Waals surface area contributed by atoms with E-state index in [2.05, 4.69) is 5.32 Å². The predicted molar refractivity (Wildman–Crippen MR) is 146 cm³/mol. The van der Waals surface area contributed by atoms with E-state index in [4.69, 9.17) is 27.9 Å². The van der Waals surface area contributed by atoms with E-state index in [1.54, 1.807) is 18.2 Å². The number of nitro groups is 1. The topological polar surface area (TPSA) is 139 Å². The zero-order valence-electron chi connectivity index (χ0n) is 21.6. The SMILES string of the molecule is COc1ccc([N+](=O)[O-])cc1N(CC(=O)N(Cc1ccc(Cl)c(Cl)c1)C(C)C(=O)NCC(C)C)S(C)(=O)=O. The third-order valence-corrected chi connectivity index (χ3v) is 7.38. The first-order valence-corrected chi connectivity index (χ1v) is 14.1. The number of methoxy groups -OCH3 is 1. The highest BCUT2D eigenvalue weighted by Gasteiger charge is 2.32. The molecule has 1 unspecified atom stereocenters. The zero-order chi connectivity index (χ0) is 28.8. The van der Waals surface area contributed by atoms with Crippen LogP contribution in [0.25, 0.3) is 0 Å². The number of amides is 2. The summed E-state index contributed by atoms with van der Waals surface area (Å²) in [5.74, 6) is -1.01. The van der Waals surface area contributed by atoms with Gasteiger partial charge >= 0.3 is 0 Å². The second kappa shape index (κ2) is 13.1. The van der Waals surface area contributed by atoms with Crippen LogP contribution in [0.5, 0.6) is 5.75 Å². The molecule has 0 spiro atoms. The Morgan fingerprint density at radius 1 is 1.11 bits per heavy atom. The highest BCUT2D eigenvalue weighted by atomic mass is 35.5. The molecule has 2 amide bonds. The number of nitrogens with zero attached hydrogens (tertiary/aromatic N) is 3. The average Bonchev–Trinajstić information content (AvgIpc) is 2.84. The van der Waals surface area contributed by atoms with Gasteiger partial charge in [0.15, 0.2) is 0 Å². The molecule has 38 heavy (non-hydrogen) atoms. The maximum Gasteiger partial charge on any atom is 0.271 e. The van der Waals surface area contributed by atoms with Gasteiger partial charge in [-0.1, -0.05) is 43.1 Å². The lowest BCUT2D eigenvalue weighted by molar-refractivity contribution is -0.384. The average molecular weight is 589 g/mol. The van der Waals surface area contributed by atoms with Crippen LogP contribution < -0.4 is 14.4 Å². The van der Waals surface area contributed by atoms with Crippen molar-refractivity contribution in [2.24, 2.45) is 5.92 Å². The van der Waals surface area contributed by atoms with E-state index in [9.17, 15) is 28.1 Å². The van der Waals surface area contributed by atoms with Gasteiger partial charge in [-0.25, -0.2) is 8.42 Å². The molecule has 2 rings (SSSR count). The molecule has 2 aromatic rings. The van der Waals surface area contributed by atoms with Gasteiger partial charge in [0.25, 0.3) is 5.69 Å². The minimum absolute atomic E-state index is 0.00702. The molecule has 0 bridgehead atoms. The number of hydrogen-bond donors (Lipinski definition) is 1. The standard InChI is InChI=1S/C24H30Cl2N4O7S/c1-15(2)12-27-24(32)16(3)28(13-17-6-8-19(25)20(26)10-17)23(31)14-29(38(5,35)36)21-11-18(30(33)34)7-9-22(21)37-4/h6-11,15-16H,12-14H2,1-5H3,(H,27,32). The number of anilines is 1. The third kappa shape index (κ3) is 8.20. The van der Waals surface area contributed by atoms with Crippen molar-refractivity contribution in [3.8, 4) is 5.75 Å². The van der Waals surface area contributed by atoms with Crippen LogP contribution in [-0.4, -0.2) is 62.6 Å². The number of nitro benzene ring substituents is 1. The molecule has 0 saturated carbocycles. The fourth-order valence-electron chi connectivity index (χ4n) is 3.45. The second-order valence-corrected chi connectivity index (χ2v) is 11.7. The highest BCUT2D eigenvalue weighted by molar-refractivity contribution is 7.92. The Balaban J connectivity index is 2.52. The number of carbonyl (C=O) groups is 2. The predicted octanol–water partition coefficient (Wildman–Crippen LogP) is 3.87. The molecule has 11 nitrogen and oxygen atoms in total. The molecule has 1 N–H and O–H groups in total. The monoisotopic (exact) mass is 588 g/mol. The molecule has 0 aliphatic heterocycles. The van der Waals surface area contributed by atoms with E-state index in [1.807, 2.05) is 13.8 Å². The van der Waals surface area contributed by atoms with E-state index < -0.39 is 45.0 Å². The number of nitrogens with one attached hydrogen (secondary N) is 1. The quantitative estimate of drug-likeness (QED) is 0.293. The van der Waals surface area contributed by atoms with Gasteiger partial charge in [0.1, 0.15) is 24.0 Å². The maximum absolute atomic E-state index is 13.6. The summed E-state index contributed by atoms with van der Waals surface area (Å²) in [5.41, 5.74) is -0.0324. The molecule has 1 atom stereocenters. The number of sulfonamides is 1. The van der Waals surface area contributed by atoms with Crippen LogP contribution in [0, 0.1) is 16.0 Å². The number of halogens is 2. The van der Waals surface area contributed by atoms with Gasteiger partial charge in [-0.05, 0) is 36.6 Å². The summed E-state index contributed by atoms with van der Waals surface area (Å²) in [4.78, 5) is 38.4. The largest absolute Gasteiger partial charge is 0.495 e.